The molecule has 0 atom stereocenters. The molecule has 1 heterocycles. The highest BCUT2D eigenvalue weighted by molar-refractivity contribution is 5.39. The van der Waals surface area contributed by atoms with Crippen molar-refractivity contribution in [2.45, 2.75) is 19.8 Å². The summed E-state index contributed by atoms with van der Waals surface area (Å²) >= 11 is 0. The van der Waals surface area contributed by atoms with E-state index in [-0.39, 0.29) is 24.9 Å². The van der Waals surface area contributed by atoms with Crippen molar-refractivity contribution in [3.05, 3.63) is 17.7 Å². The number of ether oxygens (including phenoxy) is 1. The van der Waals surface area contributed by atoms with Gasteiger partial charge in [0, 0.05) is 25.6 Å². The maximum atomic E-state index is 13.3. The van der Waals surface area contributed by atoms with Gasteiger partial charge in [-0.3, -0.25) is 0 Å². The van der Waals surface area contributed by atoms with E-state index in [1.165, 1.54) is 0 Å². The monoisotopic (exact) mass is 246 g/mol. The molecule has 0 unspecified atom stereocenters. The zero-order valence-corrected chi connectivity index (χ0v) is 9.67. The van der Waals surface area contributed by atoms with Crippen LogP contribution in [0.2, 0.25) is 0 Å². The van der Waals surface area contributed by atoms with Crippen molar-refractivity contribution in [1.29, 1.82) is 0 Å². The highest BCUT2D eigenvalue weighted by atomic mass is 19.1. The van der Waals surface area contributed by atoms with Gasteiger partial charge in [0.2, 0.25) is 0 Å². The third kappa shape index (κ3) is 4.14. The molecule has 6 heteroatoms. The zero-order valence-electron chi connectivity index (χ0n) is 9.67. The average Bonchev–Trinajstić information content (AvgIpc) is 2.31. The first-order chi connectivity index (χ1) is 8.19. The quantitative estimate of drug-likeness (QED) is 0.722. The molecule has 2 N–H and O–H groups in total. The summed E-state index contributed by atoms with van der Waals surface area (Å²) in [4.78, 5) is 3.72. The Kier molecular flexibility index (Phi) is 5.62. The predicted molar refractivity (Wildman–Crippen MR) is 60.1 cm³/mol. The van der Waals surface area contributed by atoms with E-state index >= 15 is 0 Å². The summed E-state index contributed by atoms with van der Waals surface area (Å²) in [5.74, 6) is -1.86. The Hall–Kier alpha value is -1.43. The van der Waals surface area contributed by atoms with Gasteiger partial charge in [0.25, 0.3) is 5.88 Å². The number of pyridine rings is 1. The maximum absolute atomic E-state index is 13.3. The standard InChI is InChI=1S/C11H16F2N2O2/c1-2-4-14-10-8(12)7-9(13)11(15-10)17-6-3-5-16/h7,16H,2-6H2,1H3,(H,14,15). The Morgan fingerprint density at radius 3 is 2.82 bits per heavy atom. The molecule has 1 aromatic heterocycles. The van der Waals surface area contributed by atoms with E-state index in [2.05, 4.69) is 10.3 Å². The van der Waals surface area contributed by atoms with Crippen LogP contribution in [0.25, 0.3) is 0 Å². The fourth-order valence-electron chi connectivity index (χ4n) is 1.15. The molecular formula is C11H16F2N2O2. The van der Waals surface area contributed by atoms with Crippen LogP contribution in [-0.2, 0) is 0 Å². The molecule has 1 aromatic rings. The molecule has 0 amide bonds. The van der Waals surface area contributed by atoms with Crippen molar-refractivity contribution in [2.75, 3.05) is 25.1 Å². The lowest BCUT2D eigenvalue weighted by atomic mass is 10.4. The highest BCUT2D eigenvalue weighted by Gasteiger charge is 2.12. The number of anilines is 1. The van der Waals surface area contributed by atoms with Crippen molar-refractivity contribution in [1.82, 2.24) is 4.98 Å². The average molecular weight is 246 g/mol. The van der Waals surface area contributed by atoms with Crippen molar-refractivity contribution in [2.24, 2.45) is 0 Å². The van der Waals surface area contributed by atoms with E-state index in [9.17, 15) is 8.78 Å². The Morgan fingerprint density at radius 1 is 1.41 bits per heavy atom. The molecule has 0 aliphatic heterocycles. The number of aliphatic hydroxyl groups is 1. The van der Waals surface area contributed by atoms with Crippen LogP contribution >= 0.6 is 0 Å². The van der Waals surface area contributed by atoms with Crippen LogP contribution in [0, 0.1) is 11.6 Å². The van der Waals surface area contributed by atoms with Crippen molar-refractivity contribution >= 4 is 5.82 Å². The van der Waals surface area contributed by atoms with Gasteiger partial charge in [-0.25, -0.2) is 8.78 Å². The second-order valence-corrected chi connectivity index (χ2v) is 3.46. The Balaban J connectivity index is 2.74. The predicted octanol–water partition coefficient (Wildman–Crippen LogP) is 1.94. The van der Waals surface area contributed by atoms with Gasteiger partial charge >= 0.3 is 0 Å². The van der Waals surface area contributed by atoms with Crippen LogP contribution in [0.4, 0.5) is 14.6 Å². The molecule has 96 valence electrons. The van der Waals surface area contributed by atoms with Crippen LogP contribution in [0.1, 0.15) is 19.8 Å². The van der Waals surface area contributed by atoms with Gasteiger partial charge in [-0.15, -0.1) is 0 Å². The summed E-state index contributed by atoms with van der Waals surface area (Å²) in [7, 11) is 0. The summed E-state index contributed by atoms with van der Waals surface area (Å²) in [6.45, 7) is 2.56. The summed E-state index contributed by atoms with van der Waals surface area (Å²) in [6.07, 6.45) is 1.18. The smallest absolute Gasteiger partial charge is 0.252 e. The number of nitrogens with one attached hydrogen (secondary N) is 1. The van der Waals surface area contributed by atoms with Gasteiger partial charge in [0.1, 0.15) is 0 Å². The number of halogens is 2. The second kappa shape index (κ2) is 7.01. The topological polar surface area (TPSA) is 54.4 Å². The molecule has 0 fully saturated rings. The third-order valence-electron chi connectivity index (χ3n) is 1.98. The number of aliphatic hydroxyl groups excluding tert-OH is 1. The van der Waals surface area contributed by atoms with E-state index in [1.54, 1.807) is 0 Å². The summed E-state index contributed by atoms with van der Waals surface area (Å²) in [5.41, 5.74) is 0. The largest absolute Gasteiger partial charge is 0.475 e. The van der Waals surface area contributed by atoms with Gasteiger partial charge in [-0.1, -0.05) is 6.92 Å². The lowest BCUT2D eigenvalue weighted by molar-refractivity contribution is 0.223. The lowest BCUT2D eigenvalue weighted by Crippen LogP contribution is -2.08. The Bertz CT molecular complexity index is 362. The first kappa shape index (κ1) is 13.6. The normalized spacial score (nSPS) is 10.4. The van der Waals surface area contributed by atoms with Crippen LogP contribution in [-0.4, -0.2) is 29.8 Å². The van der Waals surface area contributed by atoms with Gasteiger partial charge < -0.3 is 15.2 Å². The minimum atomic E-state index is -0.845. The van der Waals surface area contributed by atoms with Crippen molar-refractivity contribution in [3.63, 3.8) is 0 Å². The summed E-state index contributed by atoms with van der Waals surface area (Å²) < 4.78 is 31.5. The molecule has 0 saturated carbocycles. The fourth-order valence-corrected chi connectivity index (χ4v) is 1.15. The molecule has 0 aromatic carbocycles. The Labute approximate surface area is 98.6 Å². The molecule has 0 bridgehead atoms. The molecule has 0 aliphatic carbocycles. The van der Waals surface area contributed by atoms with Gasteiger partial charge in [-0.05, 0) is 6.42 Å². The summed E-state index contributed by atoms with van der Waals surface area (Å²) in [5, 5.41) is 11.3. The van der Waals surface area contributed by atoms with E-state index in [4.69, 9.17) is 9.84 Å². The molecular weight excluding hydrogens is 230 g/mol. The second-order valence-electron chi connectivity index (χ2n) is 3.46. The van der Waals surface area contributed by atoms with E-state index in [0.29, 0.717) is 13.0 Å². The van der Waals surface area contributed by atoms with E-state index in [0.717, 1.165) is 12.5 Å². The highest BCUT2D eigenvalue weighted by Crippen LogP contribution is 2.20. The minimum absolute atomic E-state index is 0.0211. The van der Waals surface area contributed by atoms with Crippen LogP contribution in [0.15, 0.2) is 6.07 Å². The van der Waals surface area contributed by atoms with Crippen molar-refractivity contribution < 1.29 is 18.6 Å². The lowest BCUT2D eigenvalue weighted by Gasteiger charge is -2.09. The number of hydrogen-bond acceptors (Lipinski definition) is 4. The number of rotatable bonds is 7. The van der Waals surface area contributed by atoms with Gasteiger partial charge in [-0.2, -0.15) is 4.98 Å². The number of nitrogens with zero attached hydrogens (tertiary/aromatic N) is 1. The first-order valence-electron chi connectivity index (χ1n) is 5.52. The molecule has 0 saturated heterocycles. The first-order valence-corrected chi connectivity index (χ1v) is 5.52. The molecule has 0 aliphatic rings. The molecule has 4 nitrogen and oxygen atoms in total. The fraction of sp³-hybridized carbons (Fsp3) is 0.545. The van der Waals surface area contributed by atoms with E-state index in [1.807, 2.05) is 6.92 Å². The minimum Gasteiger partial charge on any atom is -0.475 e. The SMILES string of the molecule is CCCNc1nc(OCCCO)c(F)cc1F. The molecule has 17 heavy (non-hydrogen) atoms. The number of aromatic nitrogens is 1. The summed E-state index contributed by atoms with van der Waals surface area (Å²) in [6, 6.07) is 0.735. The molecule has 1 rings (SSSR count). The molecule has 0 spiro atoms. The Morgan fingerprint density at radius 2 is 2.18 bits per heavy atom. The van der Waals surface area contributed by atoms with Crippen LogP contribution in [0.5, 0.6) is 5.88 Å². The molecule has 0 radical (unpaired) electrons. The third-order valence-corrected chi connectivity index (χ3v) is 1.98. The number of hydrogen-bond donors (Lipinski definition) is 2. The van der Waals surface area contributed by atoms with Gasteiger partial charge in [0.05, 0.1) is 6.61 Å². The maximum Gasteiger partial charge on any atom is 0.252 e. The van der Waals surface area contributed by atoms with Crippen LogP contribution < -0.4 is 10.1 Å². The van der Waals surface area contributed by atoms with Crippen LogP contribution in [0.3, 0.4) is 0 Å². The van der Waals surface area contributed by atoms with Crippen molar-refractivity contribution in [3.8, 4) is 5.88 Å². The zero-order chi connectivity index (χ0) is 12.7. The van der Waals surface area contributed by atoms with E-state index < -0.39 is 11.6 Å². The van der Waals surface area contributed by atoms with Gasteiger partial charge in [0.15, 0.2) is 17.5 Å².